The Morgan fingerprint density at radius 2 is 1.92 bits per heavy atom. The lowest BCUT2D eigenvalue weighted by atomic mass is 10.3. The second kappa shape index (κ2) is 5.89. The fourth-order valence-electron chi connectivity index (χ4n) is 2.37. The molecule has 1 N–H and O–H groups in total. The summed E-state index contributed by atoms with van der Waals surface area (Å²) >= 11 is 1.48. The number of anilines is 1. The van der Waals surface area contributed by atoms with Crippen molar-refractivity contribution >= 4 is 40.0 Å². The van der Waals surface area contributed by atoms with Crippen LogP contribution < -0.4 is 5.32 Å². The number of carbonyl (C=O) groups excluding carboxylic acids is 1. The topological polar surface area (TPSA) is 85.1 Å². The first-order chi connectivity index (χ1) is 11.7. The van der Waals surface area contributed by atoms with Gasteiger partial charge in [0.05, 0.1) is 11.0 Å². The lowest BCUT2D eigenvalue weighted by Crippen LogP contribution is -2.05. The van der Waals surface area contributed by atoms with E-state index in [1.807, 2.05) is 48.5 Å². The second-order valence-corrected chi connectivity index (χ2v) is 6.19. The molecular weight excluding hydrogens is 324 g/mol. The van der Waals surface area contributed by atoms with Crippen LogP contribution in [0.5, 0.6) is 0 Å². The lowest BCUT2D eigenvalue weighted by Gasteiger charge is -2.06. The zero-order valence-corrected chi connectivity index (χ0v) is 13.5. The van der Waals surface area contributed by atoms with E-state index < -0.39 is 0 Å². The van der Waals surface area contributed by atoms with Crippen molar-refractivity contribution in [3.8, 4) is 0 Å². The molecule has 2 aromatic carbocycles. The molecule has 4 aromatic rings. The first kappa shape index (κ1) is 14.6. The fourth-order valence-corrected chi connectivity index (χ4v) is 3.23. The summed E-state index contributed by atoms with van der Waals surface area (Å²) < 4.78 is 1.69. The standard InChI is InChI=1S/C16H12N6OS/c1-10(23)17-11-6-8-12(9-7-11)24-16-15-19-20-21-22(15)14-5-3-2-4-13(14)18-16/h2-9H,1H3,(H,17,23). The molecule has 4 rings (SSSR count). The summed E-state index contributed by atoms with van der Waals surface area (Å²) in [7, 11) is 0. The average Bonchev–Trinajstić information content (AvgIpc) is 3.06. The van der Waals surface area contributed by atoms with E-state index in [0.29, 0.717) is 5.65 Å². The third-order valence-corrected chi connectivity index (χ3v) is 4.36. The SMILES string of the molecule is CC(=O)Nc1ccc(Sc2nc3ccccc3n3nnnc23)cc1. The minimum atomic E-state index is -0.0946. The molecule has 0 atom stereocenters. The van der Waals surface area contributed by atoms with Crippen molar-refractivity contribution in [3.05, 3.63) is 48.5 Å². The Morgan fingerprint density at radius 1 is 1.12 bits per heavy atom. The highest BCUT2D eigenvalue weighted by molar-refractivity contribution is 7.99. The second-order valence-electron chi connectivity index (χ2n) is 5.13. The van der Waals surface area contributed by atoms with Crippen LogP contribution in [0.3, 0.4) is 0 Å². The Kier molecular flexibility index (Phi) is 3.58. The maximum atomic E-state index is 11.1. The van der Waals surface area contributed by atoms with Crippen molar-refractivity contribution in [1.29, 1.82) is 0 Å². The molecule has 0 saturated heterocycles. The summed E-state index contributed by atoms with van der Waals surface area (Å²) in [5, 5.41) is 15.4. The number of tetrazole rings is 1. The van der Waals surface area contributed by atoms with Gasteiger partial charge in [-0.1, -0.05) is 23.9 Å². The van der Waals surface area contributed by atoms with Crippen molar-refractivity contribution in [3.63, 3.8) is 0 Å². The molecule has 0 aliphatic rings. The lowest BCUT2D eigenvalue weighted by molar-refractivity contribution is -0.114. The van der Waals surface area contributed by atoms with Gasteiger partial charge in [-0.3, -0.25) is 4.79 Å². The van der Waals surface area contributed by atoms with Gasteiger partial charge in [0.15, 0.2) is 0 Å². The van der Waals surface area contributed by atoms with Gasteiger partial charge < -0.3 is 5.32 Å². The molecule has 0 aliphatic heterocycles. The Bertz CT molecular complexity index is 1040. The summed E-state index contributed by atoms with van der Waals surface area (Å²) in [5.74, 6) is -0.0946. The van der Waals surface area contributed by atoms with Crippen molar-refractivity contribution in [1.82, 2.24) is 25.0 Å². The maximum Gasteiger partial charge on any atom is 0.221 e. The first-order valence-corrected chi connectivity index (χ1v) is 8.05. The molecule has 0 bridgehead atoms. The minimum absolute atomic E-state index is 0.0946. The fraction of sp³-hybridized carbons (Fsp3) is 0.0625. The highest BCUT2D eigenvalue weighted by atomic mass is 32.2. The Balaban J connectivity index is 1.73. The molecule has 1 amide bonds. The number of para-hydroxylation sites is 2. The highest BCUT2D eigenvalue weighted by Gasteiger charge is 2.12. The number of amides is 1. The summed E-state index contributed by atoms with van der Waals surface area (Å²) in [6.45, 7) is 1.48. The highest BCUT2D eigenvalue weighted by Crippen LogP contribution is 2.31. The third-order valence-electron chi connectivity index (χ3n) is 3.38. The minimum Gasteiger partial charge on any atom is -0.326 e. The Hall–Kier alpha value is -3.00. The van der Waals surface area contributed by atoms with Crippen molar-refractivity contribution < 1.29 is 4.79 Å². The van der Waals surface area contributed by atoms with Crippen LogP contribution in [0.25, 0.3) is 16.7 Å². The van der Waals surface area contributed by atoms with E-state index in [9.17, 15) is 4.79 Å². The Labute approximate surface area is 141 Å². The van der Waals surface area contributed by atoms with Crippen molar-refractivity contribution in [2.45, 2.75) is 16.8 Å². The van der Waals surface area contributed by atoms with E-state index in [4.69, 9.17) is 0 Å². The predicted molar refractivity (Wildman–Crippen MR) is 91.0 cm³/mol. The van der Waals surface area contributed by atoms with Crippen LogP contribution >= 0.6 is 11.8 Å². The molecule has 0 unspecified atom stereocenters. The van der Waals surface area contributed by atoms with Gasteiger partial charge in [-0.15, -0.1) is 5.10 Å². The molecule has 118 valence electrons. The van der Waals surface area contributed by atoms with E-state index in [1.54, 1.807) is 4.52 Å². The molecule has 0 saturated carbocycles. The van der Waals surface area contributed by atoms with Gasteiger partial charge in [0.25, 0.3) is 0 Å². The maximum absolute atomic E-state index is 11.1. The quantitative estimate of drug-likeness (QED) is 0.619. The van der Waals surface area contributed by atoms with Gasteiger partial charge in [0.1, 0.15) is 5.03 Å². The molecule has 24 heavy (non-hydrogen) atoms. The first-order valence-electron chi connectivity index (χ1n) is 7.23. The molecule has 2 heterocycles. The predicted octanol–water partition coefficient (Wildman–Crippen LogP) is 2.78. The number of carbonyl (C=O) groups is 1. The Morgan fingerprint density at radius 3 is 2.71 bits per heavy atom. The summed E-state index contributed by atoms with van der Waals surface area (Å²) in [6.07, 6.45) is 0. The van der Waals surface area contributed by atoms with E-state index in [1.165, 1.54) is 18.7 Å². The van der Waals surface area contributed by atoms with Crippen LogP contribution in [0.4, 0.5) is 5.69 Å². The van der Waals surface area contributed by atoms with Crippen molar-refractivity contribution in [2.75, 3.05) is 5.32 Å². The van der Waals surface area contributed by atoms with Gasteiger partial charge in [0, 0.05) is 17.5 Å². The molecule has 0 fully saturated rings. The number of hydrogen-bond acceptors (Lipinski definition) is 6. The van der Waals surface area contributed by atoms with Gasteiger partial charge in [-0.05, 0) is 46.8 Å². The molecule has 2 aromatic heterocycles. The number of hydrogen-bond donors (Lipinski definition) is 1. The van der Waals surface area contributed by atoms with Crippen LogP contribution in [0.2, 0.25) is 0 Å². The molecule has 0 spiro atoms. The molecule has 0 aliphatic carbocycles. The normalized spacial score (nSPS) is 11.0. The van der Waals surface area contributed by atoms with E-state index in [-0.39, 0.29) is 5.91 Å². The number of nitrogens with zero attached hydrogens (tertiary/aromatic N) is 5. The molecule has 7 nitrogen and oxygen atoms in total. The van der Waals surface area contributed by atoms with E-state index in [2.05, 4.69) is 25.8 Å². The van der Waals surface area contributed by atoms with Crippen LogP contribution in [-0.4, -0.2) is 30.9 Å². The number of nitrogens with one attached hydrogen (secondary N) is 1. The van der Waals surface area contributed by atoms with Crippen LogP contribution in [-0.2, 0) is 4.79 Å². The van der Waals surface area contributed by atoms with E-state index in [0.717, 1.165) is 26.6 Å². The van der Waals surface area contributed by atoms with Crippen LogP contribution in [0.1, 0.15) is 6.92 Å². The van der Waals surface area contributed by atoms with Crippen molar-refractivity contribution in [2.24, 2.45) is 0 Å². The monoisotopic (exact) mass is 336 g/mol. The average molecular weight is 336 g/mol. The van der Waals surface area contributed by atoms with Crippen LogP contribution in [0, 0.1) is 0 Å². The van der Waals surface area contributed by atoms with E-state index >= 15 is 0 Å². The van der Waals surface area contributed by atoms with Gasteiger partial charge in [0.2, 0.25) is 11.6 Å². The summed E-state index contributed by atoms with van der Waals surface area (Å²) in [6, 6.07) is 15.3. The summed E-state index contributed by atoms with van der Waals surface area (Å²) in [5.41, 5.74) is 3.06. The number of benzene rings is 2. The summed E-state index contributed by atoms with van der Waals surface area (Å²) in [4.78, 5) is 16.7. The number of fused-ring (bicyclic) bond motifs is 3. The number of aromatic nitrogens is 5. The molecule has 8 heteroatoms. The third kappa shape index (κ3) is 2.67. The largest absolute Gasteiger partial charge is 0.326 e. The zero-order valence-electron chi connectivity index (χ0n) is 12.7. The number of rotatable bonds is 3. The zero-order chi connectivity index (χ0) is 16.5. The molecular formula is C16H12N6OS. The van der Waals surface area contributed by atoms with Gasteiger partial charge in [-0.25, -0.2) is 4.98 Å². The van der Waals surface area contributed by atoms with Gasteiger partial charge >= 0.3 is 0 Å². The smallest absolute Gasteiger partial charge is 0.221 e. The molecule has 0 radical (unpaired) electrons. The van der Waals surface area contributed by atoms with Gasteiger partial charge in [-0.2, -0.15) is 4.52 Å². The van der Waals surface area contributed by atoms with Crippen LogP contribution in [0.15, 0.2) is 58.5 Å².